The van der Waals surface area contributed by atoms with Gasteiger partial charge >= 0.3 is 5.97 Å². The maximum Gasteiger partial charge on any atom is 0.325 e. The summed E-state index contributed by atoms with van der Waals surface area (Å²) in [5.41, 5.74) is 6.10. The number of ether oxygens (including phenoxy) is 1. The zero-order valence-corrected chi connectivity index (χ0v) is 18.8. The van der Waals surface area contributed by atoms with Crippen LogP contribution in [-0.4, -0.2) is 46.8 Å². The van der Waals surface area contributed by atoms with Gasteiger partial charge in [0.15, 0.2) is 0 Å². The number of hydrogen-bond acceptors (Lipinski definition) is 4. The van der Waals surface area contributed by atoms with Crippen molar-refractivity contribution in [3.05, 3.63) is 64.5 Å². The van der Waals surface area contributed by atoms with Gasteiger partial charge in [-0.3, -0.25) is 14.7 Å². The van der Waals surface area contributed by atoms with Crippen LogP contribution in [0.5, 0.6) is 0 Å². The highest BCUT2D eigenvalue weighted by Crippen LogP contribution is 2.44. The van der Waals surface area contributed by atoms with Crippen LogP contribution in [0.4, 0.5) is 0 Å². The molecule has 1 saturated heterocycles. The van der Waals surface area contributed by atoms with Gasteiger partial charge in [0, 0.05) is 31.1 Å². The summed E-state index contributed by atoms with van der Waals surface area (Å²) in [6.45, 7) is 2.16. The molecule has 0 spiro atoms. The van der Waals surface area contributed by atoms with Crippen LogP contribution in [0.1, 0.15) is 78.6 Å². The Labute approximate surface area is 190 Å². The summed E-state index contributed by atoms with van der Waals surface area (Å²) in [5.74, 6) is -0.211. The molecule has 3 aliphatic rings. The van der Waals surface area contributed by atoms with Crippen molar-refractivity contribution in [1.29, 1.82) is 0 Å². The number of carboxylic acid groups (broad SMARTS) is 1. The monoisotopic (exact) mass is 434 g/mol. The standard InChI is InChI=1S/C27H34N2O3/c30-27(31)26(24-9-3-2-8-23(24)19-11-12-19)29-16-15-22(18-29)32-17-5-7-21-14-13-20-6-1-4-10-25(20)28-21/h2-3,8-9,13-14,19,22,26H,1,4-7,10-12,15-18H2,(H,30,31)/t22-,26-/m1/s1. The van der Waals surface area contributed by atoms with Crippen LogP contribution in [-0.2, 0) is 28.8 Å². The molecule has 0 radical (unpaired) electrons. The topological polar surface area (TPSA) is 62.7 Å². The predicted octanol–water partition coefficient (Wildman–Crippen LogP) is 4.69. The number of aryl methyl sites for hydroxylation is 3. The number of aromatic nitrogens is 1. The van der Waals surface area contributed by atoms with Crippen LogP contribution in [0.2, 0.25) is 0 Å². The van der Waals surface area contributed by atoms with Gasteiger partial charge in [0.1, 0.15) is 6.04 Å². The van der Waals surface area contributed by atoms with Gasteiger partial charge in [0.05, 0.1) is 6.10 Å². The number of fused-ring (bicyclic) bond motifs is 1. The minimum Gasteiger partial charge on any atom is -0.480 e. The Morgan fingerprint density at radius 3 is 2.81 bits per heavy atom. The van der Waals surface area contributed by atoms with Crippen molar-refractivity contribution in [2.75, 3.05) is 19.7 Å². The second kappa shape index (κ2) is 9.72. The first kappa shape index (κ1) is 21.6. The Morgan fingerprint density at radius 1 is 1.12 bits per heavy atom. The molecule has 1 aliphatic heterocycles. The maximum atomic E-state index is 12.2. The Bertz CT molecular complexity index is 956. The molecule has 0 amide bonds. The van der Waals surface area contributed by atoms with Gasteiger partial charge in [-0.25, -0.2) is 0 Å². The van der Waals surface area contributed by atoms with Gasteiger partial charge in [0.25, 0.3) is 0 Å². The third-order valence-electron chi connectivity index (χ3n) is 7.25. The molecule has 2 heterocycles. The van der Waals surface area contributed by atoms with E-state index in [-0.39, 0.29) is 6.10 Å². The number of likely N-dealkylation sites (tertiary alicyclic amines) is 1. The van der Waals surface area contributed by atoms with Crippen LogP contribution >= 0.6 is 0 Å². The molecule has 32 heavy (non-hydrogen) atoms. The molecule has 5 rings (SSSR count). The highest BCUT2D eigenvalue weighted by molar-refractivity contribution is 5.76. The number of carboxylic acids is 1. The lowest BCUT2D eigenvalue weighted by atomic mass is 9.95. The van der Waals surface area contributed by atoms with Gasteiger partial charge < -0.3 is 9.84 Å². The molecule has 2 aliphatic carbocycles. The van der Waals surface area contributed by atoms with Gasteiger partial charge in [0.2, 0.25) is 0 Å². The summed E-state index contributed by atoms with van der Waals surface area (Å²) in [5, 5.41) is 10.0. The molecule has 1 aromatic heterocycles. The maximum absolute atomic E-state index is 12.2. The van der Waals surface area contributed by atoms with Crippen LogP contribution in [0.25, 0.3) is 0 Å². The molecule has 0 bridgehead atoms. The number of carbonyl (C=O) groups is 1. The molecular weight excluding hydrogens is 400 g/mol. The van der Waals surface area contributed by atoms with E-state index in [0.29, 0.717) is 19.1 Å². The van der Waals surface area contributed by atoms with Crippen molar-refractivity contribution in [2.45, 2.75) is 75.9 Å². The molecule has 5 heteroatoms. The molecule has 2 aromatic rings. The number of aliphatic carboxylic acids is 1. The van der Waals surface area contributed by atoms with Crippen molar-refractivity contribution in [2.24, 2.45) is 0 Å². The fourth-order valence-corrected chi connectivity index (χ4v) is 5.41. The third-order valence-corrected chi connectivity index (χ3v) is 7.25. The van der Waals surface area contributed by atoms with E-state index < -0.39 is 12.0 Å². The smallest absolute Gasteiger partial charge is 0.325 e. The molecule has 5 nitrogen and oxygen atoms in total. The Balaban J connectivity index is 1.13. The molecule has 2 atom stereocenters. The lowest BCUT2D eigenvalue weighted by Gasteiger charge is -2.26. The molecular formula is C27H34N2O3. The summed E-state index contributed by atoms with van der Waals surface area (Å²) in [4.78, 5) is 19.2. The first-order chi connectivity index (χ1) is 15.7. The quantitative estimate of drug-likeness (QED) is 0.580. The van der Waals surface area contributed by atoms with Crippen molar-refractivity contribution >= 4 is 5.97 Å². The average Bonchev–Trinajstić information content (AvgIpc) is 3.56. The Hall–Kier alpha value is -2.24. The predicted molar refractivity (Wildman–Crippen MR) is 124 cm³/mol. The van der Waals surface area contributed by atoms with E-state index in [1.54, 1.807) is 0 Å². The number of nitrogens with zero attached hydrogens (tertiary/aromatic N) is 2. The zero-order chi connectivity index (χ0) is 21.9. The van der Waals surface area contributed by atoms with E-state index in [9.17, 15) is 9.90 Å². The van der Waals surface area contributed by atoms with Crippen LogP contribution < -0.4 is 0 Å². The molecule has 2 fully saturated rings. The van der Waals surface area contributed by atoms with E-state index in [1.807, 2.05) is 18.2 Å². The van der Waals surface area contributed by atoms with E-state index in [1.165, 1.54) is 54.6 Å². The second-order valence-electron chi connectivity index (χ2n) is 9.64. The lowest BCUT2D eigenvalue weighted by molar-refractivity contribution is -0.143. The van der Waals surface area contributed by atoms with E-state index in [0.717, 1.165) is 37.8 Å². The summed E-state index contributed by atoms with van der Waals surface area (Å²) in [7, 11) is 0. The van der Waals surface area contributed by atoms with Crippen molar-refractivity contribution in [3.63, 3.8) is 0 Å². The summed E-state index contributed by atoms with van der Waals surface area (Å²) in [6, 6.07) is 12.0. The fraction of sp³-hybridized carbons (Fsp3) is 0.556. The normalized spacial score (nSPS) is 21.9. The average molecular weight is 435 g/mol. The summed E-state index contributed by atoms with van der Waals surface area (Å²) in [6.07, 6.45) is 10.1. The first-order valence-electron chi connectivity index (χ1n) is 12.3. The highest BCUT2D eigenvalue weighted by atomic mass is 16.5. The van der Waals surface area contributed by atoms with Gasteiger partial charge in [-0.05, 0) is 86.5 Å². The molecule has 170 valence electrons. The minimum absolute atomic E-state index is 0.112. The molecule has 0 unspecified atom stereocenters. The number of rotatable bonds is 9. The van der Waals surface area contributed by atoms with Gasteiger partial charge in [-0.15, -0.1) is 0 Å². The third kappa shape index (κ3) is 4.89. The van der Waals surface area contributed by atoms with Crippen LogP contribution in [0.15, 0.2) is 36.4 Å². The van der Waals surface area contributed by atoms with Crippen LogP contribution in [0, 0.1) is 0 Å². The second-order valence-corrected chi connectivity index (χ2v) is 9.64. The largest absolute Gasteiger partial charge is 0.480 e. The summed E-state index contributed by atoms with van der Waals surface area (Å²) >= 11 is 0. The van der Waals surface area contributed by atoms with Crippen molar-refractivity contribution in [3.8, 4) is 0 Å². The SMILES string of the molecule is O=C(O)[C@@H](c1ccccc1C1CC1)N1CC[C@@H](OCCCc2ccc3c(n2)CCCC3)C1. The van der Waals surface area contributed by atoms with Crippen molar-refractivity contribution in [1.82, 2.24) is 9.88 Å². The number of benzene rings is 1. The first-order valence-corrected chi connectivity index (χ1v) is 12.3. The van der Waals surface area contributed by atoms with E-state index in [4.69, 9.17) is 9.72 Å². The number of hydrogen-bond donors (Lipinski definition) is 1. The molecule has 1 saturated carbocycles. The Morgan fingerprint density at radius 2 is 1.97 bits per heavy atom. The zero-order valence-electron chi connectivity index (χ0n) is 18.8. The molecule has 1 N–H and O–H groups in total. The van der Waals surface area contributed by atoms with E-state index in [2.05, 4.69) is 23.1 Å². The summed E-state index contributed by atoms with van der Waals surface area (Å²) < 4.78 is 6.16. The van der Waals surface area contributed by atoms with Crippen LogP contribution in [0.3, 0.4) is 0 Å². The minimum atomic E-state index is -0.753. The van der Waals surface area contributed by atoms with Crippen molar-refractivity contribution < 1.29 is 14.6 Å². The fourth-order valence-electron chi connectivity index (χ4n) is 5.41. The lowest BCUT2D eigenvalue weighted by Crippen LogP contribution is -2.34. The highest BCUT2D eigenvalue weighted by Gasteiger charge is 2.37. The number of pyridine rings is 1. The van der Waals surface area contributed by atoms with E-state index >= 15 is 0 Å². The Kier molecular flexibility index (Phi) is 6.56. The van der Waals surface area contributed by atoms with Gasteiger partial charge in [-0.1, -0.05) is 30.3 Å². The molecule has 1 aromatic carbocycles. The van der Waals surface area contributed by atoms with Gasteiger partial charge in [-0.2, -0.15) is 0 Å².